The molecule has 1 aromatic heterocycles. The van der Waals surface area contributed by atoms with E-state index in [1.54, 1.807) is 18.7 Å². The van der Waals surface area contributed by atoms with Gasteiger partial charge in [0.15, 0.2) is 0 Å². The number of fused-ring (bicyclic) bond motifs is 1. The van der Waals surface area contributed by atoms with E-state index in [0.717, 1.165) is 24.1 Å². The first-order valence-corrected chi connectivity index (χ1v) is 4.84. The molecule has 0 radical (unpaired) electrons. The zero-order chi connectivity index (χ0) is 10.3. The maximum atomic E-state index is 4.12. The van der Waals surface area contributed by atoms with Crippen LogP contribution in [0, 0.1) is 0 Å². The zero-order valence-electron chi connectivity index (χ0n) is 8.30. The lowest BCUT2D eigenvalue weighted by Crippen LogP contribution is -2.04. The van der Waals surface area contributed by atoms with E-state index in [1.165, 1.54) is 0 Å². The fourth-order valence-electron chi connectivity index (χ4n) is 1.23. The van der Waals surface area contributed by atoms with Gasteiger partial charge in [-0.2, -0.15) is 0 Å². The number of aliphatic imine (C=N–C) groups is 1. The highest BCUT2D eigenvalue weighted by molar-refractivity contribution is 5.72. The monoisotopic (exact) mass is 200 g/mol. The topological polar surface area (TPSA) is 50.2 Å². The SMILES string of the molecule is C1=NCCN1.c1ccc2nccnc2c1. The summed E-state index contributed by atoms with van der Waals surface area (Å²) >= 11 is 0. The van der Waals surface area contributed by atoms with Crippen LogP contribution in [0.15, 0.2) is 41.7 Å². The fourth-order valence-corrected chi connectivity index (χ4v) is 1.23. The molecule has 15 heavy (non-hydrogen) atoms. The predicted octanol–water partition coefficient (Wildman–Crippen LogP) is 1.25. The Morgan fingerprint density at radius 3 is 2.07 bits per heavy atom. The van der Waals surface area contributed by atoms with Gasteiger partial charge in [0.1, 0.15) is 0 Å². The summed E-state index contributed by atoms with van der Waals surface area (Å²) in [6, 6.07) is 7.80. The van der Waals surface area contributed by atoms with E-state index >= 15 is 0 Å². The third kappa shape index (κ3) is 2.74. The lowest BCUT2D eigenvalue weighted by Gasteiger charge is -1.90. The summed E-state index contributed by atoms with van der Waals surface area (Å²) in [5, 5.41) is 2.93. The van der Waals surface area contributed by atoms with E-state index in [1.807, 2.05) is 24.3 Å². The molecule has 0 unspecified atom stereocenters. The van der Waals surface area contributed by atoms with E-state index < -0.39 is 0 Å². The Morgan fingerprint density at radius 1 is 1.00 bits per heavy atom. The van der Waals surface area contributed by atoms with Crippen molar-refractivity contribution in [2.24, 2.45) is 4.99 Å². The number of nitrogens with zero attached hydrogens (tertiary/aromatic N) is 3. The van der Waals surface area contributed by atoms with Crippen molar-refractivity contribution in [1.82, 2.24) is 15.3 Å². The average molecular weight is 200 g/mol. The lowest BCUT2D eigenvalue weighted by molar-refractivity contribution is 0.965. The lowest BCUT2D eigenvalue weighted by atomic mass is 10.3. The molecule has 0 atom stereocenters. The minimum absolute atomic E-state index is 0.949. The number of para-hydroxylation sites is 2. The molecule has 1 N–H and O–H groups in total. The third-order valence-corrected chi connectivity index (χ3v) is 1.94. The van der Waals surface area contributed by atoms with Crippen LogP contribution in [0.5, 0.6) is 0 Å². The van der Waals surface area contributed by atoms with Crippen molar-refractivity contribution in [3.63, 3.8) is 0 Å². The van der Waals surface area contributed by atoms with Crippen molar-refractivity contribution in [3.8, 4) is 0 Å². The third-order valence-electron chi connectivity index (χ3n) is 1.94. The van der Waals surface area contributed by atoms with E-state index in [-0.39, 0.29) is 0 Å². The number of aromatic nitrogens is 2. The first-order chi connectivity index (χ1) is 7.47. The molecule has 2 heterocycles. The molecule has 0 amide bonds. The summed E-state index contributed by atoms with van der Waals surface area (Å²) in [7, 11) is 0. The summed E-state index contributed by atoms with van der Waals surface area (Å²) in [6.07, 6.45) is 5.13. The van der Waals surface area contributed by atoms with Crippen LogP contribution in [0.3, 0.4) is 0 Å². The van der Waals surface area contributed by atoms with Gasteiger partial charge in [-0.3, -0.25) is 15.0 Å². The van der Waals surface area contributed by atoms with Crippen LogP contribution >= 0.6 is 0 Å². The Morgan fingerprint density at radius 2 is 1.67 bits per heavy atom. The Balaban J connectivity index is 0.000000144. The molecular weight excluding hydrogens is 188 g/mol. The average Bonchev–Trinajstić information content (AvgIpc) is 2.88. The molecule has 1 aliphatic heterocycles. The summed E-state index contributed by atoms with van der Waals surface area (Å²) in [4.78, 5) is 12.1. The number of hydrogen-bond acceptors (Lipinski definition) is 4. The maximum absolute atomic E-state index is 4.12. The molecule has 3 rings (SSSR count). The van der Waals surface area contributed by atoms with Gasteiger partial charge in [-0.15, -0.1) is 0 Å². The summed E-state index contributed by atoms with van der Waals surface area (Å²) in [6.45, 7) is 1.99. The van der Waals surface area contributed by atoms with Crippen molar-refractivity contribution in [1.29, 1.82) is 0 Å². The summed E-state index contributed by atoms with van der Waals surface area (Å²) < 4.78 is 0. The van der Waals surface area contributed by atoms with Crippen LogP contribution in [0.2, 0.25) is 0 Å². The van der Waals surface area contributed by atoms with E-state index in [2.05, 4.69) is 20.3 Å². The molecule has 0 fully saturated rings. The Labute approximate surface area is 88.1 Å². The number of benzene rings is 1. The second kappa shape index (κ2) is 5.05. The van der Waals surface area contributed by atoms with Crippen molar-refractivity contribution in [2.45, 2.75) is 0 Å². The first kappa shape index (κ1) is 9.58. The van der Waals surface area contributed by atoms with Gasteiger partial charge in [0.05, 0.1) is 23.9 Å². The summed E-state index contributed by atoms with van der Waals surface area (Å²) in [5.41, 5.74) is 1.90. The molecule has 0 saturated heterocycles. The molecule has 1 aliphatic rings. The van der Waals surface area contributed by atoms with Gasteiger partial charge in [0.2, 0.25) is 0 Å². The highest BCUT2D eigenvalue weighted by atomic mass is 15.0. The fraction of sp³-hybridized carbons (Fsp3) is 0.182. The second-order valence-electron chi connectivity index (χ2n) is 3.03. The Hall–Kier alpha value is -1.97. The van der Waals surface area contributed by atoms with Gasteiger partial charge in [-0.25, -0.2) is 0 Å². The molecule has 76 valence electrons. The second-order valence-corrected chi connectivity index (χ2v) is 3.03. The van der Waals surface area contributed by atoms with Gasteiger partial charge in [-0.1, -0.05) is 12.1 Å². The first-order valence-electron chi connectivity index (χ1n) is 4.84. The van der Waals surface area contributed by atoms with Crippen molar-refractivity contribution < 1.29 is 0 Å². The van der Waals surface area contributed by atoms with Crippen LogP contribution in [0.4, 0.5) is 0 Å². The van der Waals surface area contributed by atoms with Crippen LogP contribution < -0.4 is 5.32 Å². The number of nitrogens with one attached hydrogen (secondary N) is 1. The largest absolute Gasteiger partial charge is 0.375 e. The highest BCUT2D eigenvalue weighted by Crippen LogP contribution is 2.04. The highest BCUT2D eigenvalue weighted by Gasteiger charge is 1.88. The Bertz CT molecular complexity index is 382. The summed E-state index contributed by atoms with van der Waals surface area (Å²) in [5.74, 6) is 0. The van der Waals surface area contributed by atoms with Gasteiger partial charge in [0, 0.05) is 18.9 Å². The van der Waals surface area contributed by atoms with Crippen LogP contribution in [0.25, 0.3) is 11.0 Å². The van der Waals surface area contributed by atoms with Crippen molar-refractivity contribution >= 4 is 17.4 Å². The zero-order valence-corrected chi connectivity index (χ0v) is 8.30. The maximum Gasteiger partial charge on any atom is 0.0886 e. The van der Waals surface area contributed by atoms with Gasteiger partial charge >= 0.3 is 0 Å². The molecule has 0 bridgehead atoms. The molecule has 0 spiro atoms. The predicted molar refractivity (Wildman–Crippen MR) is 60.9 cm³/mol. The molecule has 1 aromatic carbocycles. The quantitative estimate of drug-likeness (QED) is 0.696. The molecule has 0 saturated carbocycles. The molecule has 0 aliphatic carbocycles. The minimum atomic E-state index is 0.949. The molecule has 4 nitrogen and oxygen atoms in total. The van der Waals surface area contributed by atoms with Gasteiger partial charge < -0.3 is 5.32 Å². The van der Waals surface area contributed by atoms with Crippen molar-refractivity contribution in [2.75, 3.05) is 13.1 Å². The van der Waals surface area contributed by atoms with E-state index in [0.29, 0.717) is 0 Å². The van der Waals surface area contributed by atoms with Gasteiger partial charge in [0.25, 0.3) is 0 Å². The standard InChI is InChI=1S/C8H6N2.C3H6N2/c1-2-4-8-7(3-1)9-5-6-10-8;1-2-5-3-4-1/h1-6H;3H,1-2H2,(H,4,5). The van der Waals surface area contributed by atoms with Crippen molar-refractivity contribution in [3.05, 3.63) is 36.7 Å². The van der Waals surface area contributed by atoms with Crippen LogP contribution in [-0.4, -0.2) is 29.4 Å². The van der Waals surface area contributed by atoms with Crippen LogP contribution in [0.1, 0.15) is 0 Å². The molecule has 4 heteroatoms. The minimum Gasteiger partial charge on any atom is -0.375 e. The normalized spacial score (nSPS) is 13.1. The smallest absolute Gasteiger partial charge is 0.0886 e. The van der Waals surface area contributed by atoms with Gasteiger partial charge in [-0.05, 0) is 12.1 Å². The molecule has 2 aromatic rings. The number of rotatable bonds is 0. The molecular formula is C11H12N4. The van der Waals surface area contributed by atoms with E-state index in [4.69, 9.17) is 0 Å². The van der Waals surface area contributed by atoms with E-state index in [9.17, 15) is 0 Å². The number of hydrogen-bond donors (Lipinski definition) is 1. The van der Waals surface area contributed by atoms with Crippen LogP contribution in [-0.2, 0) is 0 Å². The Kier molecular flexibility index (Phi) is 3.22.